The summed E-state index contributed by atoms with van der Waals surface area (Å²) >= 11 is 0. The molecule has 6 nitrogen and oxygen atoms in total. The molecule has 0 unspecified atom stereocenters. The van der Waals surface area contributed by atoms with Gasteiger partial charge in [0.2, 0.25) is 5.91 Å². The van der Waals surface area contributed by atoms with E-state index < -0.39 is 5.54 Å². The molecule has 2 N–H and O–H groups in total. The Morgan fingerprint density at radius 1 is 1.33 bits per heavy atom. The summed E-state index contributed by atoms with van der Waals surface area (Å²) in [4.78, 5) is 38.6. The summed E-state index contributed by atoms with van der Waals surface area (Å²) in [6, 6.07) is -0.690. The highest BCUT2D eigenvalue weighted by molar-refractivity contribution is 5.97. The maximum absolute atomic E-state index is 13.2. The van der Waals surface area contributed by atoms with Crippen LogP contribution in [0.4, 0.5) is 4.79 Å². The van der Waals surface area contributed by atoms with E-state index in [1.807, 2.05) is 41.5 Å². The highest BCUT2D eigenvalue weighted by atomic mass is 16.2. The van der Waals surface area contributed by atoms with Crippen molar-refractivity contribution < 1.29 is 14.4 Å². The third kappa shape index (κ3) is 2.80. The molecular formula is C18H31N3O3. The molecule has 2 aliphatic rings. The lowest BCUT2D eigenvalue weighted by Crippen LogP contribution is -2.59. The van der Waals surface area contributed by atoms with Crippen LogP contribution in [0.5, 0.6) is 0 Å². The average Bonchev–Trinajstić information content (AvgIpc) is 2.89. The van der Waals surface area contributed by atoms with Crippen molar-refractivity contribution in [1.82, 2.24) is 15.5 Å². The Morgan fingerprint density at radius 2 is 1.92 bits per heavy atom. The van der Waals surface area contributed by atoms with Crippen molar-refractivity contribution in [3.05, 3.63) is 0 Å². The zero-order valence-electron chi connectivity index (χ0n) is 15.7. The molecule has 3 amide bonds. The Balaban J connectivity index is 2.21. The monoisotopic (exact) mass is 337 g/mol. The lowest BCUT2D eigenvalue weighted by Gasteiger charge is -2.31. The molecule has 136 valence electrons. The van der Waals surface area contributed by atoms with Gasteiger partial charge in [0, 0.05) is 17.5 Å². The molecule has 6 heteroatoms. The van der Waals surface area contributed by atoms with Crippen LogP contribution in [0.3, 0.4) is 0 Å². The first-order chi connectivity index (χ1) is 11.0. The van der Waals surface area contributed by atoms with Gasteiger partial charge in [-0.15, -0.1) is 0 Å². The molecule has 1 aliphatic heterocycles. The van der Waals surface area contributed by atoms with E-state index in [4.69, 9.17) is 0 Å². The number of likely N-dealkylation sites (tertiary alicyclic amines) is 1. The van der Waals surface area contributed by atoms with Crippen LogP contribution < -0.4 is 10.6 Å². The fraction of sp³-hybridized carbons (Fsp3) is 0.833. The minimum atomic E-state index is -0.938. The van der Waals surface area contributed by atoms with Gasteiger partial charge in [-0.3, -0.25) is 4.79 Å². The normalized spacial score (nSPS) is 31.5. The number of urea groups is 1. The fourth-order valence-electron chi connectivity index (χ4n) is 3.82. The van der Waals surface area contributed by atoms with Gasteiger partial charge in [-0.1, -0.05) is 27.7 Å². The van der Waals surface area contributed by atoms with E-state index in [1.165, 1.54) is 0 Å². The lowest BCUT2D eigenvalue weighted by molar-refractivity contribution is -0.138. The van der Waals surface area contributed by atoms with Crippen molar-refractivity contribution in [3.63, 3.8) is 0 Å². The van der Waals surface area contributed by atoms with Gasteiger partial charge in [-0.05, 0) is 39.0 Å². The first-order valence-corrected chi connectivity index (χ1v) is 8.90. The predicted molar refractivity (Wildman–Crippen MR) is 92.5 cm³/mol. The second-order valence-electron chi connectivity index (χ2n) is 8.41. The van der Waals surface area contributed by atoms with Crippen molar-refractivity contribution in [1.29, 1.82) is 0 Å². The van der Waals surface area contributed by atoms with Crippen LogP contribution in [-0.2, 0) is 9.59 Å². The third-order valence-electron chi connectivity index (χ3n) is 6.37. The van der Waals surface area contributed by atoms with Crippen LogP contribution in [0, 0.1) is 11.3 Å². The van der Waals surface area contributed by atoms with Gasteiger partial charge in [0.05, 0.1) is 6.04 Å². The van der Waals surface area contributed by atoms with E-state index in [1.54, 1.807) is 4.90 Å². The summed E-state index contributed by atoms with van der Waals surface area (Å²) in [5.74, 6) is -0.111. The van der Waals surface area contributed by atoms with Gasteiger partial charge >= 0.3 is 6.03 Å². The van der Waals surface area contributed by atoms with E-state index in [0.717, 1.165) is 19.1 Å². The third-order valence-corrected chi connectivity index (χ3v) is 6.37. The van der Waals surface area contributed by atoms with Crippen molar-refractivity contribution in [2.45, 2.75) is 77.9 Å². The highest BCUT2D eigenvalue weighted by Gasteiger charge is 2.75. The van der Waals surface area contributed by atoms with Gasteiger partial charge in [0.1, 0.15) is 11.8 Å². The first kappa shape index (κ1) is 18.7. The predicted octanol–water partition coefficient (Wildman–Crippen LogP) is 2.08. The van der Waals surface area contributed by atoms with Gasteiger partial charge in [0.15, 0.2) is 0 Å². The van der Waals surface area contributed by atoms with E-state index in [2.05, 4.69) is 10.6 Å². The van der Waals surface area contributed by atoms with Gasteiger partial charge in [-0.25, -0.2) is 4.79 Å². The summed E-state index contributed by atoms with van der Waals surface area (Å²) < 4.78 is 0. The maximum Gasteiger partial charge on any atom is 0.316 e. The van der Waals surface area contributed by atoms with Gasteiger partial charge < -0.3 is 20.3 Å². The first-order valence-electron chi connectivity index (χ1n) is 8.90. The Bertz CT molecular complexity index is 544. The number of nitrogens with zero attached hydrogens (tertiary/aromatic N) is 1. The zero-order valence-corrected chi connectivity index (χ0v) is 15.7. The number of amides is 3. The lowest BCUT2D eigenvalue weighted by atomic mass is 10.0. The summed E-state index contributed by atoms with van der Waals surface area (Å²) in [6.07, 6.45) is 3.17. The van der Waals surface area contributed by atoms with E-state index >= 15 is 0 Å². The number of rotatable bonds is 5. The Labute approximate surface area is 144 Å². The molecule has 0 aromatic rings. The van der Waals surface area contributed by atoms with Crippen molar-refractivity contribution in [2.24, 2.45) is 11.3 Å². The van der Waals surface area contributed by atoms with Crippen molar-refractivity contribution in [2.75, 3.05) is 6.54 Å². The molecule has 24 heavy (non-hydrogen) atoms. The van der Waals surface area contributed by atoms with Crippen molar-refractivity contribution >= 4 is 18.2 Å². The largest absolute Gasteiger partial charge is 0.333 e. The zero-order chi connectivity index (χ0) is 18.3. The van der Waals surface area contributed by atoms with Gasteiger partial charge in [-0.2, -0.15) is 0 Å². The molecule has 0 radical (unpaired) electrons. The summed E-state index contributed by atoms with van der Waals surface area (Å²) in [5.41, 5.74) is -1.62. The van der Waals surface area contributed by atoms with Crippen LogP contribution in [0.1, 0.15) is 60.8 Å². The molecule has 0 aromatic carbocycles. The maximum atomic E-state index is 13.2. The molecule has 3 atom stereocenters. The topological polar surface area (TPSA) is 78.5 Å². The smallest absolute Gasteiger partial charge is 0.316 e. The fourth-order valence-corrected chi connectivity index (χ4v) is 3.82. The molecule has 2 rings (SSSR count). The van der Waals surface area contributed by atoms with E-state index in [0.29, 0.717) is 13.0 Å². The van der Waals surface area contributed by atoms with E-state index in [-0.39, 0.29) is 34.9 Å². The molecule has 0 spiro atoms. The molecule has 1 saturated carbocycles. The second-order valence-corrected chi connectivity index (χ2v) is 8.41. The number of hydrogen-bond acceptors (Lipinski definition) is 3. The summed E-state index contributed by atoms with van der Waals surface area (Å²) in [7, 11) is 0. The molecule has 2 fully saturated rings. The standard InChI is InChI=1S/C18H31N3O3/c1-7-16(3,4)19-15(24)20-18(12(2)17(18,5)6)14(23)21-10-8-9-13(21)11-22/h11-13H,7-10H2,1-6H3,(H2,19,20,24)/t12-,13-,18+/m0/s1. The number of carbonyl (C=O) groups is 3. The Hall–Kier alpha value is -1.59. The minimum absolute atomic E-state index is 0.0147. The van der Waals surface area contributed by atoms with E-state index in [9.17, 15) is 14.4 Å². The SMILES string of the molecule is CCC(C)(C)NC(=O)N[C@@]1(C(=O)N2CCC[C@H]2C=O)[C@@H](C)C1(C)C. The van der Waals surface area contributed by atoms with Crippen LogP contribution in [0.25, 0.3) is 0 Å². The second kappa shape index (κ2) is 6.05. The average molecular weight is 337 g/mol. The number of aldehydes is 1. The quantitative estimate of drug-likeness (QED) is 0.754. The van der Waals surface area contributed by atoms with Crippen LogP contribution >= 0.6 is 0 Å². The molecule has 1 saturated heterocycles. The minimum Gasteiger partial charge on any atom is -0.333 e. The molecule has 0 aromatic heterocycles. The Kier molecular flexibility index (Phi) is 4.72. The summed E-state index contributed by atoms with van der Waals surface area (Å²) in [6.45, 7) is 12.5. The Morgan fingerprint density at radius 3 is 2.38 bits per heavy atom. The highest BCUT2D eigenvalue weighted by Crippen LogP contribution is 2.62. The van der Waals surface area contributed by atoms with Crippen LogP contribution in [0.15, 0.2) is 0 Å². The van der Waals surface area contributed by atoms with Crippen LogP contribution in [-0.4, -0.2) is 46.8 Å². The number of nitrogens with one attached hydrogen (secondary N) is 2. The molecule has 0 bridgehead atoms. The molecule has 1 heterocycles. The molecule has 1 aliphatic carbocycles. The number of hydrogen-bond donors (Lipinski definition) is 2. The van der Waals surface area contributed by atoms with Crippen LogP contribution in [0.2, 0.25) is 0 Å². The van der Waals surface area contributed by atoms with Gasteiger partial charge in [0.25, 0.3) is 0 Å². The molecular weight excluding hydrogens is 306 g/mol. The van der Waals surface area contributed by atoms with Crippen molar-refractivity contribution in [3.8, 4) is 0 Å². The summed E-state index contributed by atoms with van der Waals surface area (Å²) in [5, 5.41) is 5.90. The number of carbonyl (C=O) groups excluding carboxylic acids is 3.